The number of pyridine rings is 1. The highest BCUT2D eigenvalue weighted by atomic mass is 35.5. The second-order valence-electron chi connectivity index (χ2n) is 7.25. The molecule has 3 rings (SSSR count). The van der Waals surface area contributed by atoms with Crippen molar-refractivity contribution in [1.29, 1.82) is 0 Å². The molecule has 0 aliphatic carbocycles. The molecule has 3 heterocycles. The monoisotopic (exact) mass is 445 g/mol. The number of fused-ring (bicyclic) bond motifs is 1. The van der Waals surface area contributed by atoms with Gasteiger partial charge in [0.15, 0.2) is 5.65 Å². The second-order valence-corrected chi connectivity index (χ2v) is 7.25. The summed E-state index contributed by atoms with van der Waals surface area (Å²) >= 11 is 0. The van der Waals surface area contributed by atoms with Crippen molar-refractivity contribution in [3.8, 4) is 0 Å². The molecule has 1 saturated heterocycles. The van der Waals surface area contributed by atoms with Crippen LogP contribution in [0.4, 0.5) is 0 Å². The van der Waals surface area contributed by atoms with Crippen molar-refractivity contribution in [3.63, 3.8) is 0 Å². The molecule has 0 saturated carbocycles. The van der Waals surface area contributed by atoms with E-state index in [-0.39, 0.29) is 42.0 Å². The summed E-state index contributed by atoms with van der Waals surface area (Å²) < 4.78 is 1.46. The quantitative estimate of drug-likeness (QED) is 0.748. The van der Waals surface area contributed by atoms with Gasteiger partial charge in [0.2, 0.25) is 0 Å². The Morgan fingerprint density at radius 2 is 1.93 bits per heavy atom. The van der Waals surface area contributed by atoms with Crippen LogP contribution in [0.3, 0.4) is 0 Å². The van der Waals surface area contributed by atoms with Gasteiger partial charge in [-0.3, -0.25) is 19.1 Å². The van der Waals surface area contributed by atoms with E-state index in [0.717, 1.165) is 25.9 Å². The summed E-state index contributed by atoms with van der Waals surface area (Å²) in [6.07, 6.45) is 1.58. The fourth-order valence-electron chi connectivity index (χ4n) is 3.41. The van der Waals surface area contributed by atoms with Crippen molar-refractivity contribution in [2.24, 2.45) is 0 Å². The minimum Gasteiger partial charge on any atom is -0.337 e. The van der Waals surface area contributed by atoms with E-state index in [1.54, 1.807) is 11.0 Å². The number of aryl methyl sites for hydroxylation is 1. The van der Waals surface area contributed by atoms with Gasteiger partial charge < -0.3 is 10.2 Å². The summed E-state index contributed by atoms with van der Waals surface area (Å²) in [6, 6.07) is 1.71. The molecule has 10 heteroatoms. The lowest BCUT2D eigenvalue weighted by Crippen LogP contribution is -2.37. The molecule has 8 nitrogen and oxygen atoms in total. The summed E-state index contributed by atoms with van der Waals surface area (Å²) in [4.78, 5) is 46.9. The molecule has 0 aromatic carbocycles. The lowest BCUT2D eigenvalue weighted by molar-refractivity contribution is 0.0768. The Labute approximate surface area is 181 Å². The normalized spacial score (nSPS) is 14.3. The molecular weight excluding hydrogens is 417 g/mol. The molecule has 1 aliphatic heterocycles. The number of nitrogens with one attached hydrogen (secondary N) is 2. The molecule has 2 N–H and O–H groups in total. The van der Waals surface area contributed by atoms with Crippen molar-refractivity contribution in [1.82, 2.24) is 24.8 Å². The van der Waals surface area contributed by atoms with Crippen LogP contribution in [0.15, 0.2) is 15.7 Å². The Morgan fingerprint density at radius 1 is 1.21 bits per heavy atom. The Bertz CT molecular complexity index is 963. The standard InChI is InChI=1S/C19H27N5O3.2ClH/c1-4-8-24-16-15(17(25)22-19(24)27)13(11-14(21-16)12(2)3)18(26)23-9-5-6-20-7-10-23;;/h11-12,20H,4-10H2,1-3H3,(H,22,25,27);2*1H. The zero-order valence-corrected chi connectivity index (χ0v) is 18.6. The predicted octanol–water partition coefficient (Wildman–Crippen LogP) is 1.90. The largest absolute Gasteiger partial charge is 0.337 e. The highest BCUT2D eigenvalue weighted by Gasteiger charge is 2.24. The predicted molar refractivity (Wildman–Crippen MR) is 119 cm³/mol. The average molecular weight is 446 g/mol. The highest BCUT2D eigenvalue weighted by Crippen LogP contribution is 2.21. The SMILES string of the molecule is CCCn1c(=O)[nH]c(=O)c2c(C(=O)N3CCCNCC3)cc(C(C)C)nc21.Cl.Cl. The molecule has 1 aliphatic rings. The fourth-order valence-corrected chi connectivity index (χ4v) is 3.41. The number of aromatic amines is 1. The minimum absolute atomic E-state index is 0. The number of halogens is 2. The smallest absolute Gasteiger partial charge is 0.329 e. The van der Waals surface area contributed by atoms with E-state index in [2.05, 4.69) is 15.3 Å². The fraction of sp³-hybridized carbons (Fsp3) is 0.579. The number of carbonyl (C=O) groups is 1. The first kappa shape index (κ1) is 25.1. The maximum atomic E-state index is 13.3. The average Bonchev–Trinajstić information content (AvgIpc) is 2.92. The third-order valence-electron chi connectivity index (χ3n) is 4.86. The number of H-pyrrole nitrogens is 1. The van der Waals surface area contributed by atoms with Crippen LogP contribution in [-0.2, 0) is 6.54 Å². The Kier molecular flexibility index (Phi) is 9.32. The molecule has 2 aromatic heterocycles. The van der Waals surface area contributed by atoms with E-state index >= 15 is 0 Å². The van der Waals surface area contributed by atoms with Gasteiger partial charge in [0.25, 0.3) is 11.5 Å². The summed E-state index contributed by atoms with van der Waals surface area (Å²) in [5.74, 6) is -0.114. The summed E-state index contributed by atoms with van der Waals surface area (Å²) in [6.45, 7) is 9.16. The topological polar surface area (TPSA) is 100 Å². The van der Waals surface area contributed by atoms with Crippen LogP contribution in [-0.4, -0.2) is 51.5 Å². The van der Waals surface area contributed by atoms with Crippen LogP contribution in [0.2, 0.25) is 0 Å². The number of carbonyl (C=O) groups excluding carboxylic acids is 1. The van der Waals surface area contributed by atoms with E-state index in [9.17, 15) is 14.4 Å². The summed E-state index contributed by atoms with van der Waals surface area (Å²) in [5.41, 5.74) is 0.292. The molecule has 0 spiro atoms. The maximum absolute atomic E-state index is 13.3. The highest BCUT2D eigenvalue weighted by molar-refractivity contribution is 6.05. The zero-order chi connectivity index (χ0) is 19.6. The summed E-state index contributed by atoms with van der Waals surface area (Å²) in [7, 11) is 0. The van der Waals surface area contributed by atoms with Crippen molar-refractivity contribution in [2.45, 2.75) is 46.1 Å². The number of hydrogen-bond donors (Lipinski definition) is 2. The van der Waals surface area contributed by atoms with Gasteiger partial charge in [-0.2, -0.15) is 0 Å². The van der Waals surface area contributed by atoms with Gasteiger partial charge in [0.1, 0.15) is 0 Å². The van der Waals surface area contributed by atoms with Gasteiger partial charge >= 0.3 is 5.69 Å². The van der Waals surface area contributed by atoms with Crippen LogP contribution in [0.5, 0.6) is 0 Å². The van der Waals surface area contributed by atoms with Gasteiger partial charge in [-0.1, -0.05) is 20.8 Å². The van der Waals surface area contributed by atoms with Gasteiger partial charge in [0.05, 0.1) is 10.9 Å². The molecule has 0 radical (unpaired) electrons. The van der Waals surface area contributed by atoms with Crippen LogP contribution >= 0.6 is 24.8 Å². The molecule has 0 bridgehead atoms. The maximum Gasteiger partial charge on any atom is 0.329 e. The van der Waals surface area contributed by atoms with Crippen molar-refractivity contribution in [3.05, 3.63) is 38.2 Å². The van der Waals surface area contributed by atoms with E-state index in [1.165, 1.54) is 4.57 Å². The number of rotatable bonds is 4. The van der Waals surface area contributed by atoms with Crippen LogP contribution in [0.25, 0.3) is 11.0 Å². The number of amides is 1. The van der Waals surface area contributed by atoms with E-state index in [4.69, 9.17) is 0 Å². The number of nitrogens with zero attached hydrogens (tertiary/aromatic N) is 3. The Balaban J connectivity index is 0.00000210. The molecule has 29 heavy (non-hydrogen) atoms. The van der Waals surface area contributed by atoms with Gasteiger partial charge in [0, 0.05) is 31.9 Å². The first-order valence-corrected chi connectivity index (χ1v) is 9.61. The molecule has 0 atom stereocenters. The lowest BCUT2D eigenvalue weighted by atomic mass is 10.0. The molecule has 1 amide bonds. The van der Waals surface area contributed by atoms with Crippen molar-refractivity contribution >= 4 is 41.8 Å². The molecule has 162 valence electrons. The van der Waals surface area contributed by atoms with Crippen molar-refractivity contribution < 1.29 is 4.79 Å². The van der Waals surface area contributed by atoms with Crippen molar-refractivity contribution in [2.75, 3.05) is 26.2 Å². The Hall–Kier alpha value is -1.90. The van der Waals surface area contributed by atoms with Crippen LogP contribution < -0.4 is 16.6 Å². The van der Waals surface area contributed by atoms with Gasteiger partial charge in [-0.15, -0.1) is 24.8 Å². The Morgan fingerprint density at radius 3 is 2.59 bits per heavy atom. The van der Waals surface area contributed by atoms with Crippen LogP contribution in [0.1, 0.15) is 55.6 Å². The molecule has 0 unspecified atom stereocenters. The van der Waals surface area contributed by atoms with E-state index in [1.807, 2.05) is 20.8 Å². The number of aromatic nitrogens is 3. The zero-order valence-electron chi connectivity index (χ0n) is 17.0. The number of hydrogen-bond acceptors (Lipinski definition) is 5. The second kappa shape index (κ2) is 10.8. The van der Waals surface area contributed by atoms with E-state index < -0.39 is 11.2 Å². The van der Waals surface area contributed by atoms with Gasteiger partial charge in [-0.25, -0.2) is 9.78 Å². The van der Waals surface area contributed by atoms with Gasteiger partial charge in [-0.05, 0) is 31.4 Å². The molecule has 1 fully saturated rings. The molecule has 2 aromatic rings. The third-order valence-corrected chi connectivity index (χ3v) is 4.86. The third kappa shape index (κ3) is 5.18. The summed E-state index contributed by atoms with van der Waals surface area (Å²) in [5, 5.41) is 3.48. The molecular formula is C19H29Cl2N5O3. The van der Waals surface area contributed by atoms with E-state index in [0.29, 0.717) is 36.5 Å². The van der Waals surface area contributed by atoms with Crippen LogP contribution in [0, 0.1) is 0 Å². The minimum atomic E-state index is -0.554. The first-order chi connectivity index (χ1) is 12.9. The lowest BCUT2D eigenvalue weighted by Gasteiger charge is -2.22. The first-order valence-electron chi connectivity index (χ1n) is 9.61.